The number of nitrogens with one attached hydrogen (secondary N) is 1. The van der Waals surface area contributed by atoms with E-state index in [2.05, 4.69) is 39.2 Å². The van der Waals surface area contributed by atoms with E-state index in [9.17, 15) is 9.50 Å². The van der Waals surface area contributed by atoms with Gasteiger partial charge in [0, 0.05) is 12.7 Å². The number of pyridine rings is 1. The molecule has 3 heterocycles. The van der Waals surface area contributed by atoms with Gasteiger partial charge in [0.05, 0.1) is 22.6 Å². The van der Waals surface area contributed by atoms with Crippen molar-refractivity contribution in [1.82, 2.24) is 20.3 Å². The first-order valence-corrected chi connectivity index (χ1v) is 10.7. The molecule has 31 heavy (non-hydrogen) atoms. The fourth-order valence-corrected chi connectivity index (χ4v) is 4.56. The number of aromatic nitrogens is 3. The van der Waals surface area contributed by atoms with Gasteiger partial charge in [-0.15, -0.1) is 0 Å². The third-order valence-electron chi connectivity index (χ3n) is 6.42. The Morgan fingerprint density at radius 3 is 2.65 bits per heavy atom. The van der Waals surface area contributed by atoms with Crippen LogP contribution in [0.3, 0.4) is 0 Å². The number of fused-ring (bicyclic) bond motifs is 1. The van der Waals surface area contributed by atoms with E-state index in [4.69, 9.17) is 4.98 Å². The molecule has 0 spiro atoms. The van der Waals surface area contributed by atoms with Crippen LogP contribution in [0.2, 0.25) is 0 Å². The predicted octanol–water partition coefficient (Wildman–Crippen LogP) is 3.92. The minimum absolute atomic E-state index is 0.315. The first-order valence-electron chi connectivity index (χ1n) is 10.7. The molecule has 1 aliphatic carbocycles. The highest BCUT2D eigenvalue weighted by molar-refractivity contribution is 5.64. The van der Waals surface area contributed by atoms with E-state index in [1.807, 2.05) is 13.0 Å². The molecule has 1 unspecified atom stereocenters. The van der Waals surface area contributed by atoms with Gasteiger partial charge in [-0.05, 0) is 68.0 Å². The van der Waals surface area contributed by atoms with E-state index in [-0.39, 0.29) is 11.4 Å². The lowest BCUT2D eigenvalue weighted by Gasteiger charge is -2.31. The van der Waals surface area contributed by atoms with Gasteiger partial charge >= 0.3 is 0 Å². The predicted molar refractivity (Wildman–Crippen MR) is 116 cm³/mol. The normalized spacial score (nSPS) is 23.4. The molecule has 2 aliphatic rings. The summed E-state index contributed by atoms with van der Waals surface area (Å²) in [5.41, 5.74) is 3.34. The number of hydrogen-bond acceptors (Lipinski definition) is 6. The van der Waals surface area contributed by atoms with Gasteiger partial charge in [-0.2, -0.15) is 0 Å². The smallest absolute Gasteiger partial charge is 0.136 e. The Morgan fingerprint density at radius 2 is 1.94 bits per heavy atom. The van der Waals surface area contributed by atoms with Crippen molar-refractivity contribution in [3.8, 4) is 0 Å². The number of halogens is 1. The van der Waals surface area contributed by atoms with Crippen molar-refractivity contribution in [1.29, 1.82) is 0 Å². The molecule has 1 fully saturated rings. The number of hydrogen-bond donors (Lipinski definition) is 2. The molecule has 1 saturated carbocycles. The van der Waals surface area contributed by atoms with E-state index >= 15 is 0 Å². The second-order valence-electron chi connectivity index (χ2n) is 8.55. The molecule has 3 aromatic rings. The second-order valence-corrected chi connectivity index (χ2v) is 8.55. The summed E-state index contributed by atoms with van der Waals surface area (Å²) in [7, 11) is 0. The average molecular weight is 420 g/mol. The lowest BCUT2D eigenvalue weighted by atomic mass is 10.0. The zero-order valence-corrected chi connectivity index (χ0v) is 17.7. The standard InChI is InChI=1S/C24H26FN5O/c1-15-14-24(15,29-23(31)17-5-7-18(25)8-6-17)21-10-9-20-19(28-21)4-3-13-30(20)22-11-12-26-16(2)27-22/h5-12,15,23,29,31H,3-4,13-14H2,1-2H3/t15-,23?,24-/m1/s1. The molecule has 3 atom stereocenters. The van der Waals surface area contributed by atoms with E-state index in [1.165, 1.54) is 12.1 Å². The molecule has 2 N–H and O–H groups in total. The molecule has 160 valence electrons. The summed E-state index contributed by atoms with van der Waals surface area (Å²) in [5.74, 6) is 1.67. The summed E-state index contributed by atoms with van der Waals surface area (Å²) < 4.78 is 13.2. The Hall–Kier alpha value is -2.90. The summed E-state index contributed by atoms with van der Waals surface area (Å²) >= 11 is 0. The SMILES string of the molecule is Cc1nccc(N2CCCc3nc([C@@]4(NC(O)c5ccc(F)cc5)C[C@H]4C)ccc32)n1. The monoisotopic (exact) mass is 419 g/mol. The molecule has 0 bridgehead atoms. The van der Waals surface area contributed by atoms with Gasteiger partial charge in [0.15, 0.2) is 0 Å². The summed E-state index contributed by atoms with van der Waals surface area (Å²) in [5, 5.41) is 14.1. The van der Waals surface area contributed by atoms with Gasteiger partial charge in [-0.1, -0.05) is 19.1 Å². The number of aryl methyl sites for hydroxylation is 2. The van der Waals surface area contributed by atoms with Crippen molar-refractivity contribution in [3.05, 3.63) is 77.3 Å². The maximum Gasteiger partial charge on any atom is 0.136 e. The molecular weight excluding hydrogens is 393 g/mol. The minimum Gasteiger partial charge on any atom is -0.374 e. The Bertz CT molecular complexity index is 1110. The topological polar surface area (TPSA) is 74.2 Å². The van der Waals surface area contributed by atoms with E-state index < -0.39 is 6.23 Å². The second kappa shape index (κ2) is 7.66. The number of benzene rings is 1. The number of aliphatic hydroxyl groups excluding tert-OH is 1. The van der Waals surface area contributed by atoms with Gasteiger partial charge in [0.2, 0.25) is 0 Å². The Balaban J connectivity index is 1.43. The van der Waals surface area contributed by atoms with Crippen molar-refractivity contribution in [2.75, 3.05) is 11.4 Å². The molecule has 5 rings (SSSR count). The summed E-state index contributed by atoms with van der Waals surface area (Å²) in [4.78, 5) is 16.0. The quantitative estimate of drug-likeness (QED) is 0.611. The molecule has 1 aromatic carbocycles. The Morgan fingerprint density at radius 1 is 1.16 bits per heavy atom. The van der Waals surface area contributed by atoms with Crippen LogP contribution in [-0.2, 0) is 12.0 Å². The molecule has 0 radical (unpaired) electrons. The zero-order valence-electron chi connectivity index (χ0n) is 17.7. The first-order chi connectivity index (χ1) is 15.0. The summed E-state index contributed by atoms with van der Waals surface area (Å²) in [6, 6.07) is 12.0. The van der Waals surface area contributed by atoms with Crippen molar-refractivity contribution >= 4 is 11.5 Å². The van der Waals surface area contributed by atoms with Gasteiger partial charge in [0.25, 0.3) is 0 Å². The Labute approximate surface area is 181 Å². The fourth-order valence-electron chi connectivity index (χ4n) is 4.56. The largest absolute Gasteiger partial charge is 0.374 e. The molecule has 0 amide bonds. The number of nitrogens with zero attached hydrogens (tertiary/aromatic N) is 4. The molecule has 7 heteroatoms. The number of aliphatic hydroxyl groups is 1. The lowest BCUT2D eigenvalue weighted by Crippen LogP contribution is -2.36. The maximum absolute atomic E-state index is 13.2. The van der Waals surface area contributed by atoms with Crippen LogP contribution in [0.1, 0.15) is 48.8 Å². The first kappa shape index (κ1) is 20.0. The Kier molecular flexibility index (Phi) is 4.95. The van der Waals surface area contributed by atoms with Gasteiger partial charge in [-0.3, -0.25) is 10.3 Å². The molecule has 0 saturated heterocycles. The zero-order chi connectivity index (χ0) is 21.6. The van der Waals surface area contributed by atoms with Crippen molar-refractivity contribution in [2.45, 2.75) is 44.9 Å². The van der Waals surface area contributed by atoms with E-state index in [0.29, 0.717) is 11.5 Å². The summed E-state index contributed by atoms with van der Waals surface area (Å²) in [6.45, 7) is 4.95. The fraction of sp³-hybridized carbons (Fsp3) is 0.375. The lowest BCUT2D eigenvalue weighted by molar-refractivity contribution is 0.113. The van der Waals surface area contributed by atoms with Crippen LogP contribution < -0.4 is 10.2 Å². The minimum atomic E-state index is -0.885. The van der Waals surface area contributed by atoms with Crippen LogP contribution >= 0.6 is 0 Å². The molecule has 2 aromatic heterocycles. The summed E-state index contributed by atoms with van der Waals surface area (Å²) in [6.07, 6.45) is 3.71. The van der Waals surface area contributed by atoms with Gasteiger partial charge in [-0.25, -0.2) is 14.4 Å². The third kappa shape index (κ3) is 3.68. The van der Waals surface area contributed by atoms with Crippen LogP contribution in [0.15, 0.2) is 48.7 Å². The highest BCUT2D eigenvalue weighted by atomic mass is 19.1. The van der Waals surface area contributed by atoms with Crippen LogP contribution in [-0.4, -0.2) is 26.6 Å². The highest BCUT2D eigenvalue weighted by Crippen LogP contribution is 2.52. The van der Waals surface area contributed by atoms with Crippen molar-refractivity contribution < 1.29 is 9.50 Å². The molecule has 6 nitrogen and oxygen atoms in total. The number of anilines is 2. The maximum atomic E-state index is 13.2. The van der Waals surface area contributed by atoms with Crippen LogP contribution in [0.25, 0.3) is 0 Å². The average Bonchev–Trinajstić information content (AvgIpc) is 3.43. The number of rotatable bonds is 5. The van der Waals surface area contributed by atoms with E-state index in [1.54, 1.807) is 18.3 Å². The van der Waals surface area contributed by atoms with Crippen LogP contribution in [0.4, 0.5) is 15.9 Å². The van der Waals surface area contributed by atoms with Crippen LogP contribution in [0.5, 0.6) is 0 Å². The van der Waals surface area contributed by atoms with Crippen LogP contribution in [0, 0.1) is 18.7 Å². The van der Waals surface area contributed by atoms with Gasteiger partial charge in [0.1, 0.15) is 23.7 Å². The molecule has 1 aliphatic heterocycles. The van der Waals surface area contributed by atoms with E-state index in [0.717, 1.165) is 54.5 Å². The third-order valence-corrected chi connectivity index (χ3v) is 6.42. The van der Waals surface area contributed by atoms with Crippen molar-refractivity contribution in [2.24, 2.45) is 5.92 Å². The highest BCUT2D eigenvalue weighted by Gasteiger charge is 2.54. The van der Waals surface area contributed by atoms with Crippen molar-refractivity contribution in [3.63, 3.8) is 0 Å². The van der Waals surface area contributed by atoms with Gasteiger partial charge < -0.3 is 10.0 Å². The molecular formula is C24H26FN5O.